The number of nitrogens with one attached hydrogen (secondary N) is 2. The lowest BCUT2D eigenvalue weighted by molar-refractivity contribution is -0.140. The lowest BCUT2D eigenvalue weighted by atomic mass is 10.0. The Morgan fingerprint density at radius 1 is 1.15 bits per heavy atom. The second-order valence-corrected chi connectivity index (χ2v) is 7.63. The van der Waals surface area contributed by atoms with E-state index in [-0.39, 0.29) is 11.8 Å². The number of carbonyl (C=O) groups excluding carboxylic acids is 2. The number of amides is 2. The van der Waals surface area contributed by atoms with Gasteiger partial charge in [-0.3, -0.25) is 9.59 Å². The normalized spacial score (nSPS) is 11.8. The maximum atomic E-state index is 12.3. The number of aliphatic carboxylic acids is 1. The number of carboxylic acid groups (broad SMARTS) is 1. The van der Waals surface area contributed by atoms with Gasteiger partial charge in [-0.05, 0) is 48.4 Å². The van der Waals surface area contributed by atoms with Gasteiger partial charge in [0.2, 0.25) is 5.91 Å². The summed E-state index contributed by atoms with van der Waals surface area (Å²) in [6.45, 7) is 3.46. The zero-order valence-corrected chi connectivity index (χ0v) is 16.2. The van der Waals surface area contributed by atoms with Crippen LogP contribution in [0.15, 0.2) is 41.8 Å². The molecule has 27 heavy (non-hydrogen) atoms. The summed E-state index contributed by atoms with van der Waals surface area (Å²) in [5.74, 6) is -1.91. The first kappa shape index (κ1) is 20.6. The Bertz CT molecular complexity index is 787. The lowest BCUT2D eigenvalue weighted by Crippen LogP contribution is -2.44. The number of carbonyl (C=O) groups is 3. The third-order valence-electron chi connectivity index (χ3n) is 4.03. The van der Waals surface area contributed by atoms with E-state index in [1.807, 2.05) is 17.5 Å². The molecule has 2 amide bonds. The molecule has 0 bridgehead atoms. The highest BCUT2D eigenvalue weighted by molar-refractivity contribution is 7.09. The number of thiophene rings is 1. The Morgan fingerprint density at radius 2 is 1.93 bits per heavy atom. The van der Waals surface area contributed by atoms with Crippen LogP contribution in [-0.4, -0.2) is 28.9 Å². The van der Waals surface area contributed by atoms with Gasteiger partial charge in [-0.1, -0.05) is 26.0 Å². The second kappa shape index (κ2) is 9.87. The van der Waals surface area contributed by atoms with E-state index in [0.717, 1.165) is 12.8 Å². The van der Waals surface area contributed by atoms with Crippen molar-refractivity contribution in [3.63, 3.8) is 0 Å². The first-order chi connectivity index (χ1) is 12.9. The molecule has 0 saturated heterocycles. The van der Waals surface area contributed by atoms with Crippen LogP contribution in [0.25, 0.3) is 0 Å². The van der Waals surface area contributed by atoms with Crippen molar-refractivity contribution < 1.29 is 19.5 Å². The third kappa shape index (κ3) is 6.53. The predicted octanol–water partition coefficient (Wildman–Crippen LogP) is 3.55. The van der Waals surface area contributed by atoms with E-state index in [2.05, 4.69) is 10.6 Å². The number of carboxylic acids is 1. The third-order valence-corrected chi connectivity index (χ3v) is 4.97. The molecule has 0 saturated carbocycles. The minimum absolute atomic E-state index is 0.116. The van der Waals surface area contributed by atoms with E-state index >= 15 is 0 Å². The maximum absolute atomic E-state index is 12.3. The summed E-state index contributed by atoms with van der Waals surface area (Å²) in [5, 5.41) is 16.5. The van der Waals surface area contributed by atoms with E-state index < -0.39 is 17.9 Å². The summed E-state index contributed by atoms with van der Waals surface area (Å²) in [4.78, 5) is 36.9. The van der Waals surface area contributed by atoms with Gasteiger partial charge in [-0.15, -0.1) is 11.3 Å². The number of hydrogen-bond donors (Lipinski definition) is 3. The molecule has 1 aromatic heterocycles. The van der Waals surface area contributed by atoms with Crippen LogP contribution in [0.3, 0.4) is 0 Å². The van der Waals surface area contributed by atoms with Crippen molar-refractivity contribution in [2.45, 2.75) is 39.2 Å². The SMILES string of the molecule is CC(C)C(NC(=O)c1cccc(NC(=O)CCCc2cccs2)c1)C(=O)O. The van der Waals surface area contributed by atoms with E-state index in [0.29, 0.717) is 17.7 Å². The molecule has 1 heterocycles. The first-order valence-electron chi connectivity index (χ1n) is 8.83. The number of anilines is 1. The molecule has 144 valence electrons. The van der Waals surface area contributed by atoms with Crippen LogP contribution in [0.5, 0.6) is 0 Å². The highest BCUT2D eigenvalue weighted by Gasteiger charge is 2.24. The van der Waals surface area contributed by atoms with Crippen molar-refractivity contribution in [3.8, 4) is 0 Å². The van der Waals surface area contributed by atoms with Crippen LogP contribution in [-0.2, 0) is 16.0 Å². The Labute approximate surface area is 162 Å². The van der Waals surface area contributed by atoms with Crippen LogP contribution in [0, 0.1) is 5.92 Å². The van der Waals surface area contributed by atoms with Crippen molar-refractivity contribution in [2.75, 3.05) is 5.32 Å². The molecular formula is C20H24N2O4S. The van der Waals surface area contributed by atoms with Crippen molar-refractivity contribution in [2.24, 2.45) is 5.92 Å². The van der Waals surface area contributed by atoms with Gasteiger partial charge in [-0.25, -0.2) is 4.79 Å². The second-order valence-electron chi connectivity index (χ2n) is 6.60. The average Bonchev–Trinajstić information content (AvgIpc) is 3.12. The summed E-state index contributed by atoms with van der Waals surface area (Å²) in [5.41, 5.74) is 0.818. The van der Waals surface area contributed by atoms with E-state index in [4.69, 9.17) is 0 Å². The van der Waals surface area contributed by atoms with Crippen molar-refractivity contribution >= 4 is 34.8 Å². The Kier molecular flexibility index (Phi) is 7.55. The summed E-state index contributed by atoms with van der Waals surface area (Å²) in [7, 11) is 0. The molecular weight excluding hydrogens is 364 g/mol. The standard InChI is InChI=1S/C20H24N2O4S/c1-13(2)18(20(25)26)22-19(24)14-6-3-7-15(12-14)21-17(23)10-4-8-16-9-5-11-27-16/h3,5-7,9,11-13,18H,4,8,10H2,1-2H3,(H,21,23)(H,22,24)(H,25,26). The number of benzene rings is 1. The van der Waals surface area contributed by atoms with Crippen molar-refractivity contribution in [1.82, 2.24) is 5.32 Å². The van der Waals surface area contributed by atoms with E-state index in [9.17, 15) is 19.5 Å². The van der Waals surface area contributed by atoms with Gasteiger partial charge >= 0.3 is 5.97 Å². The number of rotatable bonds is 9. The topological polar surface area (TPSA) is 95.5 Å². The molecule has 0 aliphatic rings. The molecule has 0 spiro atoms. The molecule has 0 radical (unpaired) electrons. The zero-order chi connectivity index (χ0) is 19.8. The predicted molar refractivity (Wildman–Crippen MR) is 106 cm³/mol. The van der Waals surface area contributed by atoms with Crippen LogP contribution >= 0.6 is 11.3 Å². The van der Waals surface area contributed by atoms with Gasteiger partial charge in [0.05, 0.1) is 0 Å². The van der Waals surface area contributed by atoms with Crippen LogP contribution in [0.4, 0.5) is 5.69 Å². The molecule has 0 aliphatic heterocycles. The monoisotopic (exact) mass is 388 g/mol. The fourth-order valence-corrected chi connectivity index (χ4v) is 3.33. The van der Waals surface area contributed by atoms with Gasteiger partial charge in [-0.2, -0.15) is 0 Å². The van der Waals surface area contributed by atoms with Crippen LogP contribution in [0.1, 0.15) is 41.9 Å². The molecule has 0 aliphatic carbocycles. The van der Waals surface area contributed by atoms with E-state index in [1.54, 1.807) is 49.4 Å². The van der Waals surface area contributed by atoms with Crippen molar-refractivity contribution in [3.05, 3.63) is 52.2 Å². The summed E-state index contributed by atoms with van der Waals surface area (Å²) < 4.78 is 0. The molecule has 2 rings (SSSR count). The van der Waals surface area contributed by atoms with Gasteiger partial charge < -0.3 is 15.7 Å². The molecule has 1 atom stereocenters. The summed E-state index contributed by atoms with van der Waals surface area (Å²) in [6, 6.07) is 9.56. The lowest BCUT2D eigenvalue weighted by Gasteiger charge is -2.18. The Hall–Kier alpha value is -2.67. The molecule has 1 unspecified atom stereocenters. The molecule has 1 aromatic carbocycles. The molecule has 2 aromatic rings. The summed E-state index contributed by atoms with van der Waals surface area (Å²) >= 11 is 1.67. The maximum Gasteiger partial charge on any atom is 0.326 e. The summed E-state index contributed by atoms with van der Waals surface area (Å²) in [6.07, 6.45) is 2.00. The molecule has 0 fully saturated rings. The highest BCUT2D eigenvalue weighted by Crippen LogP contribution is 2.15. The van der Waals surface area contributed by atoms with Crippen LogP contribution < -0.4 is 10.6 Å². The van der Waals surface area contributed by atoms with Gasteiger partial charge in [0.15, 0.2) is 0 Å². The number of hydrogen-bond acceptors (Lipinski definition) is 4. The van der Waals surface area contributed by atoms with Gasteiger partial charge in [0, 0.05) is 22.5 Å². The minimum Gasteiger partial charge on any atom is -0.480 e. The van der Waals surface area contributed by atoms with Crippen LogP contribution in [0.2, 0.25) is 0 Å². The Morgan fingerprint density at radius 3 is 2.56 bits per heavy atom. The van der Waals surface area contributed by atoms with Gasteiger partial charge in [0.1, 0.15) is 6.04 Å². The quantitative estimate of drug-likeness (QED) is 0.612. The Balaban J connectivity index is 1.90. The zero-order valence-electron chi connectivity index (χ0n) is 15.4. The minimum atomic E-state index is -1.08. The smallest absolute Gasteiger partial charge is 0.326 e. The van der Waals surface area contributed by atoms with Gasteiger partial charge in [0.25, 0.3) is 5.91 Å². The van der Waals surface area contributed by atoms with E-state index in [1.165, 1.54) is 4.88 Å². The first-order valence-corrected chi connectivity index (χ1v) is 9.70. The average molecular weight is 388 g/mol. The fourth-order valence-electron chi connectivity index (χ4n) is 2.58. The molecule has 7 heteroatoms. The fraction of sp³-hybridized carbons (Fsp3) is 0.350. The number of aryl methyl sites for hydroxylation is 1. The van der Waals surface area contributed by atoms with Crippen molar-refractivity contribution in [1.29, 1.82) is 0 Å². The highest BCUT2D eigenvalue weighted by atomic mass is 32.1. The molecule has 6 nitrogen and oxygen atoms in total. The molecule has 3 N–H and O–H groups in total. The largest absolute Gasteiger partial charge is 0.480 e.